The van der Waals surface area contributed by atoms with Crippen molar-refractivity contribution >= 4 is 17.9 Å². The monoisotopic (exact) mass is 530 g/mol. The van der Waals surface area contributed by atoms with Gasteiger partial charge >= 0.3 is 6.09 Å². The number of carbonyl (C=O) groups excluding carboxylic acids is 1. The summed E-state index contributed by atoms with van der Waals surface area (Å²) in [4.78, 5) is 25.9. The fraction of sp³-hybridized carbons (Fsp3) is 0.276. The van der Waals surface area contributed by atoms with Gasteiger partial charge in [-0.2, -0.15) is 0 Å². The summed E-state index contributed by atoms with van der Waals surface area (Å²) in [6.45, 7) is 3.91. The molecule has 0 radical (unpaired) electrons. The Hall–Kier alpha value is -3.98. The van der Waals surface area contributed by atoms with Crippen molar-refractivity contribution in [1.29, 1.82) is 0 Å². The Labute approximate surface area is 226 Å². The van der Waals surface area contributed by atoms with Crippen molar-refractivity contribution in [3.8, 4) is 23.1 Å². The largest absolute Gasteiger partial charge is 0.493 e. The second-order valence-electron chi connectivity index (χ2n) is 9.18. The predicted octanol–water partition coefficient (Wildman–Crippen LogP) is 6.49. The maximum atomic E-state index is 12.6. The van der Waals surface area contributed by atoms with Crippen molar-refractivity contribution in [2.24, 2.45) is 5.92 Å². The van der Waals surface area contributed by atoms with E-state index in [0.717, 1.165) is 40.6 Å². The number of aryl methyl sites for hydroxylation is 1. The topological polar surface area (TPSA) is 89.6 Å². The van der Waals surface area contributed by atoms with E-state index in [1.54, 1.807) is 35.3 Å². The molecule has 38 heavy (non-hydrogen) atoms. The van der Waals surface area contributed by atoms with E-state index in [-0.39, 0.29) is 6.09 Å². The van der Waals surface area contributed by atoms with E-state index < -0.39 is 0 Å². The lowest BCUT2D eigenvalue weighted by atomic mass is 9.98. The summed E-state index contributed by atoms with van der Waals surface area (Å²) < 4.78 is 17.4. The zero-order valence-corrected chi connectivity index (χ0v) is 22.0. The van der Waals surface area contributed by atoms with Crippen molar-refractivity contribution in [1.82, 2.24) is 19.9 Å². The lowest BCUT2D eigenvalue weighted by Gasteiger charge is -2.31. The number of H-pyrrole nitrogens is 1. The average molecular weight is 531 g/mol. The molecule has 1 fully saturated rings. The van der Waals surface area contributed by atoms with E-state index in [2.05, 4.69) is 15.0 Å². The molecule has 1 amide bonds. The molecule has 0 bridgehead atoms. The van der Waals surface area contributed by atoms with Gasteiger partial charge in [0, 0.05) is 43.5 Å². The number of rotatable bonds is 9. The second kappa shape index (κ2) is 12.5. The highest BCUT2D eigenvalue weighted by atomic mass is 32.2. The Bertz CT molecular complexity index is 1290. The lowest BCUT2D eigenvalue weighted by molar-refractivity contribution is 0.117. The van der Waals surface area contributed by atoms with E-state index in [9.17, 15) is 4.79 Å². The summed E-state index contributed by atoms with van der Waals surface area (Å²) >= 11 is 1.63. The Kier molecular flexibility index (Phi) is 8.45. The van der Waals surface area contributed by atoms with Crippen LogP contribution in [-0.2, 0) is 5.75 Å². The van der Waals surface area contributed by atoms with Gasteiger partial charge in [0.1, 0.15) is 17.2 Å². The highest BCUT2D eigenvalue weighted by molar-refractivity contribution is 7.98. The van der Waals surface area contributed by atoms with Gasteiger partial charge < -0.3 is 24.1 Å². The molecule has 0 saturated carbocycles. The van der Waals surface area contributed by atoms with Crippen LogP contribution in [0, 0.1) is 12.8 Å². The van der Waals surface area contributed by atoms with Crippen molar-refractivity contribution in [2.45, 2.75) is 30.7 Å². The lowest BCUT2D eigenvalue weighted by Crippen LogP contribution is -2.41. The number of amides is 1. The number of hydrogen-bond acceptors (Lipinski definition) is 7. The Morgan fingerprint density at radius 3 is 2.39 bits per heavy atom. The molecule has 0 unspecified atom stereocenters. The van der Waals surface area contributed by atoms with Crippen LogP contribution in [0.25, 0.3) is 0 Å². The van der Waals surface area contributed by atoms with Gasteiger partial charge in [0.05, 0.1) is 6.61 Å². The van der Waals surface area contributed by atoms with E-state index in [0.29, 0.717) is 43.0 Å². The molecule has 0 aliphatic carbocycles. The first-order chi connectivity index (χ1) is 18.6. The number of benzene rings is 2. The minimum Gasteiger partial charge on any atom is -0.493 e. The molecule has 3 heterocycles. The number of aromatic nitrogens is 3. The van der Waals surface area contributed by atoms with Gasteiger partial charge in [0.25, 0.3) is 0 Å². The molecule has 1 saturated heterocycles. The number of pyridine rings is 1. The van der Waals surface area contributed by atoms with Crippen LogP contribution in [0.5, 0.6) is 23.1 Å². The number of carbonyl (C=O) groups is 1. The van der Waals surface area contributed by atoms with Crippen molar-refractivity contribution in [3.05, 3.63) is 90.4 Å². The average Bonchev–Trinajstić information content (AvgIpc) is 3.48. The summed E-state index contributed by atoms with van der Waals surface area (Å²) in [7, 11) is 0. The van der Waals surface area contributed by atoms with E-state index in [1.807, 2.05) is 67.6 Å². The van der Waals surface area contributed by atoms with Crippen LogP contribution >= 0.6 is 11.8 Å². The van der Waals surface area contributed by atoms with E-state index in [1.165, 1.54) is 0 Å². The summed E-state index contributed by atoms with van der Waals surface area (Å²) in [5.74, 6) is 3.80. The first-order valence-corrected chi connectivity index (χ1v) is 13.6. The first-order valence-electron chi connectivity index (χ1n) is 12.6. The minimum absolute atomic E-state index is 0.305. The van der Waals surface area contributed by atoms with Crippen LogP contribution in [0.2, 0.25) is 0 Å². The van der Waals surface area contributed by atoms with Gasteiger partial charge in [-0.3, -0.25) is 0 Å². The van der Waals surface area contributed by atoms with Gasteiger partial charge in [0.15, 0.2) is 5.16 Å². The molecule has 4 aromatic rings. The zero-order valence-electron chi connectivity index (χ0n) is 21.2. The molecule has 1 N–H and O–H groups in total. The number of nitrogens with one attached hydrogen (secondary N) is 1. The molecular formula is C29H30N4O4S. The number of nitrogens with zero attached hydrogens (tertiary/aromatic N) is 3. The Balaban J connectivity index is 1.01. The van der Waals surface area contributed by atoms with E-state index in [4.69, 9.17) is 14.2 Å². The summed E-state index contributed by atoms with van der Waals surface area (Å²) in [5, 5.41) is 0.883. The first kappa shape index (κ1) is 25.7. The molecular weight excluding hydrogens is 500 g/mol. The molecule has 2 aromatic heterocycles. The molecule has 0 spiro atoms. The molecule has 2 aromatic carbocycles. The summed E-state index contributed by atoms with van der Waals surface area (Å²) in [6.07, 6.45) is 6.76. The molecule has 0 atom stereocenters. The van der Waals surface area contributed by atoms with Crippen molar-refractivity contribution in [3.63, 3.8) is 0 Å². The van der Waals surface area contributed by atoms with Gasteiger partial charge in [-0.15, -0.1) is 0 Å². The van der Waals surface area contributed by atoms with Crippen LogP contribution in [0.15, 0.2) is 84.4 Å². The predicted molar refractivity (Wildman–Crippen MR) is 146 cm³/mol. The van der Waals surface area contributed by atoms with Crippen LogP contribution in [0.1, 0.15) is 24.0 Å². The molecule has 1 aliphatic rings. The number of thioether (sulfide) groups is 1. The van der Waals surface area contributed by atoms with Gasteiger partial charge in [-0.25, -0.2) is 14.8 Å². The van der Waals surface area contributed by atoms with Gasteiger partial charge in [0.2, 0.25) is 5.88 Å². The molecule has 8 nitrogen and oxygen atoms in total. The highest BCUT2D eigenvalue weighted by Crippen LogP contribution is 2.25. The number of hydrogen-bond donors (Lipinski definition) is 1. The standard InChI is InChI=1S/C29H30N4O4S/c1-21-2-11-27(32-18-21)36-25-9-7-24(8-10-25)35-19-22-12-16-33(17-13-22)29(34)37-26-5-3-23(4-6-26)20-38-28-30-14-15-31-28/h2-11,14-15,18,22H,12-13,16-17,19-20H2,1H3,(H,30,31). The number of ether oxygens (including phenoxy) is 3. The Morgan fingerprint density at radius 1 is 0.974 bits per heavy atom. The second-order valence-corrected chi connectivity index (χ2v) is 10.1. The number of likely N-dealkylation sites (tertiary alicyclic amines) is 1. The van der Waals surface area contributed by atoms with Crippen LogP contribution in [0.3, 0.4) is 0 Å². The minimum atomic E-state index is -0.305. The molecule has 5 rings (SSSR count). The third kappa shape index (κ3) is 7.29. The smallest absolute Gasteiger partial charge is 0.415 e. The fourth-order valence-corrected chi connectivity index (χ4v) is 4.82. The number of aromatic amines is 1. The third-order valence-electron chi connectivity index (χ3n) is 6.27. The van der Waals surface area contributed by atoms with Crippen LogP contribution in [0.4, 0.5) is 4.79 Å². The van der Waals surface area contributed by atoms with Crippen molar-refractivity contribution < 1.29 is 19.0 Å². The SMILES string of the molecule is Cc1ccc(Oc2ccc(OCC3CCN(C(=O)Oc4ccc(CSc5ncc[nH]5)cc4)CC3)cc2)nc1. The van der Waals surface area contributed by atoms with Gasteiger partial charge in [-0.05, 0) is 73.2 Å². The quantitative estimate of drug-likeness (QED) is 0.248. The highest BCUT2D eigenvalue weighted by Gasteiger charge is 2.24. The number of imidazole rings is 1. The summed E-state index contributed by atoms with van der Waals surface area (Å²) in [5.41, 5.74) is 2.23. The molecule has 196 valence electrons. The van der Waals surface area contributed by atoms with Crippen LogP contribution in [-0.4, -0.2) is 45.6 Å². The third-order valence-corrected chi connectivity index (χ3v) is 7.24. The van der Waals surface area contributed by atoms with Crippen LogP contribution < -0.4 is 14.2 Å². The van der Waals surface area contributed by atoms with Gasteiger partial charge in [-0.1, -0.05) is 30.0 Å². The maximum absolute atomic E-state index is 12.6. The zero-order chi connectivity index (χ0) is 26.2. The molecule has 1 aliphatic heterocycles. The Morgan fingerprint density at radius 2 is 1.71 bits per heavy atom. The van der Waals surface area contributed by atoms with E-state index >= 15 is 0 Å². The normalized spacial score (nSPS) is 13.8. The number of piperidine rings is 1. The maximum Gasteiger partial charge on any atom is 0.415 e. The summed E-state index contributed by atoms with van der Waals surface area (Å²) in [6, 6.07) is 19.0. The molecule has 9 heteroatoms. The van der Waals surface area contributed by atoms with Crippen molar-refractivity contribution in [2.75, 3.05) is 19.7 Å². The fourth-order valence-electron chi connectivity index (χ4n) is 4.04.